The third-order valence-corrected chi connectivity index (χ3v) is 9.66. The Hall–Kier alpha value is -0.0300. The number of unbranched alkanes of at least 4 members (excludes halogenated alkanes) is 1. The van der Waals surface area contributed by atoms with Gasteiger partial charge in [-0.1, -0.05) is 0 Å². The third kappa shape index (κ3) is 8.23. The SMILES string of the molecule is COC(=O)c1c(I)cc(C)c(NC(=O)CCCCC(=O)Nc2c(I)cc(I)c(C(=O)OC)c2I)c1I. The van der Waals surface area contributed by atoms with Crippen LogP contribution in [0.4, 0.5) is 11.4 Å². The fourth-order valence-corrected chi connectivity index (χ4v) is 9.77. The summed E-state index contributed by atoms with van der Waals surface area (Å²) in [5, 5.41) is 5.78. The lowest BCUT2D eigenvalue weighted by molar-refractivity contribution is -0.118. The molecular formula is C23H21I5N2O6. The molecule has 0 saturated heterocycles. The average Bonchev–Trinajstić information content (AvgIpc) is 2.81. The summed E-state index contributed by atoms with van der Waals surface area (Å²) in [6.45, 7) is 1.87. The molecule has 2 amide bonds. The maximum Gasteiger partial charge on any atom is 0.340 e. The van der Waals surface area contributed by atoms with Gasteiger partial charge in [-0.05, 0) is 150 Å². The standard InChI is InChI=1S/C23H21I5N2O6/c1-10-8-11(24)16(22(33)35-2)18(27)20(10)29-14(31)6-4-5-7-15(32)30-21-13(26)9-12(25)17(19(21)28)23(34)36-3/h8-9H,4-7H2,1-3H3,(H,29,31)(H,30,32). The molecule has 0 bridgehead atoms. The van der Waals surface area contributed by atoms with Gasteiger partial charge in [0.1, 0.15) is 0 Å². The Bertz CT molecular complexity index is 1120. The van der Waals surface area contributed by atoms with E-state index in [1.54, 1.807) is 0 Å². The number of halogens is 5. The van der Waals surface area contributed by atoms with Crippen LogP contribution in [0.1, 0.15) is 52.0 Å². The lowest BCUT2D eigenvalue weighted by Gasteiger charge is -2.15. The zero-order valence-electron chi connectivity index (χ0n) is 19.3. The van der Waals surface area contributed by atoms with Crippen LogP contribution < -0.4 is 10.6 Å². The summed E-state index contributed by atoms with van der Waals surface area (Å²) in [5.74, 6) is -1.31. The van der Waals surface area contributed by atoms with Gasteiger partial charge in [-0.2, -0.15) is 0 Å². The van der Waals surface area contributed by atoms with Crippen LogP contribution in [0.15, 0.2) is 12.1 Å². The maximum atomic E-state index is 12.6. The monoisotopic (exact) mass is 1060 g/mol. The number of hydrogen-bond donors (Lipinski definition) is 2. The van der Waals surface area contributed by atoms with E-state index in [4.69, 9.17) is 9.47 Å². The number of rotatable bonds is 9. The number of carbonyl (C=O) groups is 4. The molecule has 0 aliphatic heterocycles. The Labute approximate surface area is 277 Å². The number of benzene rings is 2. The van der Waals surface area contributed by atoms with Crippen molar-refractivity contribution < 1.29 is 28.7 Å². The number of esters is 2. The smallest absolute Gasteiger partial charge is 0.340 e. The molecule has 2 aromatic rings. The van der Waals surface area contributed by atoms with Crippen LogP contribution in [0.3, 0.4) is 0 Å². The van der Waals surface area contributed by atoms with Gasteiger partial charge < -0.3 is 20.1 Å². The number of hydrogen-bond acceptors (Lipinski definition) is 6. The number of amides is 2. The van der Waals surface area contributed by atoms with Crippen molar-refractivity contribution in [2.75, 3.05) is 24.9 Å². The average molecular weight is 1060 g/mol. The minimum atomic E-state index is -0.460. The minimum absolute atomic E-state index is 0.196. The Balaban J connectivity index is 1.96. The van der Waals surface area contributed by atoms with Gasteiger partial charge in [-0.3, -0.25) is 9.59 Å². The topological polar surface area (TPSA) is 111 Å². The van der Waals surface area contributed by atoms with Gasteiger partial charge in [0.2, 0.25) is 11.8 Å². The molecule has 2 rings (SSSR count). The lowest BCUT2D eigenvalue weighted by atomic mass is 10.1. The van der Waals surface area contributed by atoms with Crippen LogP contribution in [0.25, 0.3) is 0 Å². The van der Waals surface area contributed by atoms with Crippen molar-refractivity contribution in [2.24, 2.45) is 0 Å². The summed E-state index contributed by atoms with van der Waals surface area (Å²) in [7, 11) is 2.64. The summed E-state index contributed by atoms with van der Waals surface area (Å²) < 4.78 is 13.3. The van der Waals surface area contributed by atoms with Crippen LogP contribution in [-0.2, 0) is 19.1 Å². The number of ether oxygens (including phenoxy) is 2. The van der Waals surface area contributed by atoms with Gasteiger partial charge in [0.15, 0.2) is 0 Å². The van der Waals surface area contributed by atoms with Crippen LogP contribution in [0.5, 0.6) is 0 Å². The van der Waals surface area contributed by atoms with E-state index < -0.39 is 11.9 Å². The Morgan fingerprint density at radius 1 is 0.694 bits per heavy atom. The molecule has 0 spiro atoms. The molecule has 0 saturated carbocycles. The van der Waals surface area contributed by atoms with Gasteiger partial charge in [-0.15, -0.1) is 0 Å². The summed E-state index contributed by atoms with van der Waals surface area (Å²) in [6, 6.07) is 3.64. The zero-order valence-corrected chi connectivity index (χ0v) is 30.1. The summed E-state index contributed by atoms with van der Waals surface area (Å²) >= 11 is 10.3. The predicted molar refractivity (Wildman–Crippen MR) is 180 cm³/mol. The molecule has 13 heteroatoms. The lowest BCUT2D eigenvalue weighted by Crippen LogP contribution is -2.18. The fourth-order valence-electron chi connectivity index (χ4n) is 3.15. The maximum absolute atomic E-state index is 12.6. The quantitative estimate of drug-likeness (QED) is 0.164. The van der Waals surface area contributed by atoms with E-state index >= 15 is 0 Å². The minimum Gasteiger partial charge on any atom is -0.465 e. The molecule has 0 heterocycles. The highest BCUT2D eigenvalue weighted by molar-refractivity contribution is 14.1. The normalized spacial score (nSPS) is 10.6. The molecule has 0 aromatic heterocycles. The van der Waals surface area contributed by atoms with E-state index in [2.05, 4.69) is 78.4 Å². The highest BCUT2D eigenvalue weighted by Crippen LogP contribution is 2.33. The molecule has 8 nitrogen and oxygen atoms in total. The van der Waals surface area contributed by atoms with Crippen molar-refractivity contribution in [3.63, 3.8) is 0 Å². The first kappa shape index (κ1) is 32.2. The van der Waals surface area contributed by atoms with E-state index in [-0.39, 0.29) is 24.7 Å². The van der Waals surface area contributed by atoms with Crippen LogP contribution in [0, 0.1) is 24.8 Å². The number of nitrogens with one attached hydrogen (secondary N) is 2. The highest BCUT2D eigenvalue weighted by atomic mass is 127. The van der Waals surface area contributed by atoms with Crippen molar-refractivity contribution in [3.05, 3.63) is 46.7 Å². The number of anilines is 2. The van der Waals surface area contributed by atoms with Crippen LogP contribution >= 0.6 is 113 Å². The third-order valence-electron chi connectivity index (χ3n) is 4.95. The molecule has 0 atom stereocenters. The molecule has 36 heavy (non-hydrogen) atoms. The molecule has 0 radical (unpaired) electrons. The van der Waals surface area contributed by atoms with Crippen molar-refractivity contribution in [3.8, 4) is 0 Å². The van der Waals surface area contributed by atoms with Crippen molar-refractivity contribution in [2.45, 2.75) is 32.6 Å². The molecule has 194 valence electrons. The molecule has 2 aromatic carbocycles. The first-order chi connectivity index (χ1) is 16.9. The van der Waals surface area contributed by atoms with Gasteiger partial charge >= 0.3 is 11.9 Å². The zero-order chi connectivity index (χ0) is 27.2. The van der Waals surface area contributed by atoms with Gasteiger partial charge in [0.05, 0.1) is 43.9 Å². The fraction of sp³-hybridized carbons (Fsp3) is 0.304. The van der Waals surface area contributed by atoms with E-state index in [0.29, 0.717) is 42.5 Å². The van der Waals surface area contributed by atoms with E-state index in [0.717, 1.165) is 16.3 Å². The Morgan fingerprint density at radius 2 is 1.11 bits per heavy atom. The second-order valence-electron chi connectivity index (χ2n) is 7.43. The van der Waals surface area contributed by atoms with Crippen LogP contribution in [-0.4, -0.2) is 38.0 Å². The summed E-state index contributed by atoms with van der Waals surface area (Å²) in [6.07, 6.45) is 1.48. The van der Waals surface area contributed by atoms with Crippen molar-refractivity contribution in [1.82, 2.24) is 0 Å². The van der Waals surface area contributed by atoms with Gasteiger partial charge in [-0.25, -0.2) is 9.59 Å². The van der Waals surface area contributed by atoms with Crippen LogP contribution in [0.2, 0.25) is 0 Å². The first-order valence-electron chi connectivity index (χ1n) is 10.3. The van der Waals surface area contributed by atoms with E-state index in [1.165, 1.54) is 14.2 Å². The van der Waals surface area contributed by atoms with E-state index in [1.807, 2.05) is 64.2 Å². The number of methoxy groups -OCH3 is 2. The van der Waals surface area contributed by atoms with E-state index in [9.17, 15) is 19.2 Å². The van der Waals surface area contributed by atoms with Crippen molar-refractivity contribution in [1.29, 1.82) is 0 Å². The summed E-state index contributed by atoms with van der Waals surface area (Å²) in [4.78, 5) is 49.4. The molecule has 0 aliphatic rings. The summed E-state index contributed by atoms with van der Waals surface area (Å²) in [5.41, 5.74) is 2.85. The van der Waals surface area contributed by atoms with Gasteiger partial charge in [0, 0.05) is 23.6 Å². The Morgan fingerprint density at radius 3 is 1.58 bits per heavy atom. The second kappa shape index (κ2) is 14.9. The molecule has 0 aliphatic carbocycles. The molecular weight excluding hydrogens is 1030 g/mol. The highest BCUT2D eigenvalue weighted by Gasteiger charge is 2.22. The molecule has 2 N–H and O–H groups in total. The van der Waals surface area contributed by atoms with Crippen molar-refractivity contribution >= 4 is 148 Å². The Kier molecular flexibility index (Phi) is 13.4. The first-order valence-corrected chi connectivity index (χ1v) is 15.7. The number of carbonyl (C=O) groups excluding carboxylic acids is 4. The largest absolute Gasteiger partial charge is 0.465 e. The number of aryl methyl sites for hydroxylation is 1. The molecule has 0 fully saturated rings. The molecule has 0 unspecified atom stereocenters. The second-order valence-corrected chi connectivity index (χ2v) is 13.1. The van der Waals surface area contributed by atoms with Gasteiger partial charge in [0.25, 0.3) is 0 Å². The predicted octanol–water partition coefficient (Wildman–Crippen LogP) is 6.73.